The first-order chi connectivity index (χ1) is 6.79. The highest BCUT2D eigenvalue weighted by molar-refractivity contribution is 5.58. The van der Waals surface area contributed by atoms with Gasteiger partial charge in [-0.15, -0.1) is 10.2 Å². The molecule has 0 aliphatic rings. The van der Waals surface area contributed by atoms with E-state index in [9.17, 15) is 0 Å². The maximum absolute atomic E-state index is 5.19. The minimum Gasteiger partial charge on any atom is -0.423 e. The Bertz CT molecular complexity index is 407. The Morgan fingerprint density at radius 3 is 2.64 bits per heavy atom. The van der Waals surface area contributed by atoms with Crippen molar-refractivity contribution in [3.05, 3.63) is 36.2 Å². The van der Waals surface area contributed by atoms with Crippen molar-refractivity contribution in [1.82, 2.24) is 10.2 Å². The molecule has 0 saturated carbocycles. The molecule has 1 aromatic carbocycles. The van der Waals surface area contributed by atoms with Crippen LogP contribution in [0, 0.1) is 0 Å². The molecule has 0 aliphatic heterocycles. The van der Waals surface area contributed by atoms with Gasteiger partial charge in [-0.1, -0.05) is 32.0 Å². The molecule has 0 saturated heterocycles. The molecule has 3 heteroatoms. The fraction of sp³-hybridized carbons (Fsp3) is 0.273. The lowest BCUT2D eigenvalue weighted by molar-refractivity contribution is 0.567. The molecular weight excluding hydrogens is 176 g/mol. The van der Waals surface area contributed by atoms with Gasteiger partial charge < -0.3 is 4.42 Å². The number of rotatable bonds is 2. The van der Waals surface area contributed by atoms with E-state index in [4.69, 9.17) is 4.42 Å². The van der Waals surface area contributed by atoms with Crippen LogP contribution in [0.1, 0.15) is 25.3 Å². The van der Waals surface area contributed by atoms with E-state index in [2.05, 4.69) is 30.1 Å². The van der Waals surface area contributed by atoms with Gasteiger partial charge in [-0.2, -0.15) is 0 Å². The van der Waals surface area contributed by atoms with Crippen molar-refractivity contribution < 1.29 is 4.42 Å². The molecule has 1 aromatic heterocycles. The summed E-state index contributed by atoms with van der Waals surface area (Å²) in [7, 11) is 0. The summed E-state index contributed by atoms with van der Waals surface area (Å²) in [5.41, 5.74) is 2.26. The number of aromatic nitrogens is 2. The van der Waals surface area contributed by atoms with Crippen molar-refractivity contribution in [2.24, 2.45) is 0 Å². The topological polar surface area (TPSA) is 38.9 Å². The lowest BCUT2D eigenvalue weighted by Crippen LogP contribution is -1.91. The van der Waals surface area contributed by atoms with Crippen molar-refractivity contribution in [3.8, 4) is 11.5 Å². The third-order valence-corrected chi connectivity index (χ3v) is 2.17. The molecule has 0 atom stereocenters. The van der Waals surface area contributed by atoms with Gasteiger partial charge in [0.15, 0.2) is 0 Å². The minimum absolute atomic E-state index is 0.457. The molecule has 2 rings (SSSR count). The first-order valence-corrected chi connectivity index (χ1v) is 4.64. The molecule has 0 radical (unpaired) electrons. The van der Waals surface area contributed by atoms with Gasteiger partial charge in [-0.05, 0) is 17.5 Å². The Balaban J connectivity index is 2.53. The SMILES string of the molecule is CC(C)c1ccccc1-c1nnco1. The molecule has 0 fully saturated rings. The summed E-state index contributed by atoms with van der Waals surface area (Å²) in [6, 6.07) is 8.09. The summed E-state index contributed by atoms with van der Waals surface area (Å²) in [6.07, 6.45) is 1.35. The average Bonchev–Trinajstić information content (AvgIpc) is 2.70. The van der Waals surface area contributed by atoms with Crippen LogP contribution in [0.5, 0.6) is 0 Å². The van der Waals surface area contributed by atoms with Crippen molar-refractivity contribution >= 4 is 0 Å². The van der Waals surface area contributed by atoms with Crippen LogP contribution < -0.4 is 0 Å². The number of benzene rings is 1. The summed E-state index contributed by atoms with van der Waals surface area (Å²) in [5.74, 6) is 1.05. The van der Waals surface area contributed by atoms with Gasteiger partial charge in [-0.3, -0.25) is 0 Å². The van der Waals surface area contributed by atoms with Crippen LogP contribution in [-0.2, 0) is 0 Å². The molecule has 72 valence electrons. The molecule has 1 heterocycles. The highest BCUT2D eigenvalue weighted by atomic mass is 16.4. The number of hydrogen-bond donors (Lipinski definition) is 0. The summed E-state index contributed by atoms with van der Waals surface area (Å²) < 4.78 is 5.19. The monoisotopic (exact) mass is 188 g/mol. The normalized spacial score (nSPS) is 10.8. The van der Waals surface area contributed by atoms with Crippen LogP contribution >= 0.6 is 0 Å². The number of hydrogen-bond acceptors (Lipinski definition) is 3. The molecule has 0 spiro atoms. The average molecular weight is 188 g/mol. The first kappa shape index (κ1) is 8.94. The molecule has 0 N–H and O–H groups in total. The fourth-order valence-electron chi connectivity index (χ4n) is 1.49. The van der Waals surface area contributed by atoms with Gasteiger partial charge in [0.25, 0.3) is 0 Å². The van der Waals surface area contributed by atoms with Crippen LogP contribution in [0.15, 0.2) is 35.1 Å². The lowest BCUT2D eigenvalue weighted by atomic mass is 9.97. The van der Waals surface area contributed by atoms with Gasteiger partial charge in [0.05, 0.1) is 0 Å². The zero-order valence-corrected chi connectivity index (χ0v) is 8.27. The summed E-state index contributed by atoms with van der Waals surface area (Å²) in [4.78, 5) is 0. The van der Waals surface area contributed by atoms with Crippen LogP contribution in [0.25, 0.3) is 11.5 Å². The third kappa shape index (κ3) is 1.53. The van der Waals surface area contributed by atoms with E-state index in [0.717, 1.165) is 5.56 Å². The highest BCUT2D eigenvalue weighted by Gasteiger charge is 2.10. The maximum Gasteiger partial charge on any atom is 0.247 e. The van der Waals surface area contributed by atoms with Gasteiger partial charge in [0, 0.05) is 5.56 Å². The first-order valence-electron chi connectivity index (χ1n) is 4.64. The standard InChI is InChI=1S/C11H12N2O/c1-8(2)9-5-3-4-6-10(9)11-13-12-7-14-11/h3-8H,1-2H3. The van der Waals surface area contributed by atoms with E-state index in [-0.39, 0.29) is 0 Å². The summed E-state index contributed by atoms with van der Waals surface area (Å²) in [6.45, 7) is 4.30. The quantitative estimate of drug-likeness (QED) is 0.727. The zero-order chi connectivity index (χ0) is 9.97. The van der Waals surface area contributed by atoms with Gasteiger partial charge in [0.1, 0.15) is 0 Å². The van der Waals surface area contributed by atoms with Gasteiger partial charge in [0.2, 0.25) is 12.3 Å². The molecular formula is C11H12N2O. The largest absolute Gasteiger partial charge is 0.423 e. The van der Waals surface area contributed by atoms with E-state index < -0.39 is 0 Å². The highest BCUT2D eigenvalue weighted by Crippen LogP contribution is 2.26. The second-order valence-electron chi connectivity index (χ2n) is 3.49. The molecule has 0 aliphatic carbocycles. The third-order valence-electron chi connectivity index (χ3n) is 2.17. The van der Waals surface area contributed by atoms with Crippen molar-refractivity contribution in [2.45, 2.75) is 19.8 Å². The van der Waals surface area contributed by atoms with E-state index in [1.165, 1.54) is 12.0 Å². The Labute approximate surface area is 82.8 Å². The number of nitrogens with zero attached hydrogens (tertiary/aromatic N) is 2. The maximum atomic E-state index is 5.19. The Kier molecular flexibility index (Phi) is 2.31. The van der Waals surface area contributed by atoms with Crippen LogP contribution in [-0.4, -0.2) is 10.2 Å². The van der Waals surface area contributed by atoms with Crippen LogP contribution in [0.3, 0.4) is 0 Å². The molecule has 0 amide bonds. The second-order valence-corrected chi connectivity index (χ2v) is 3.49. The Hall–Kier alpha value is -1.64. The van der Waals surface area contributed by atoms with Crippen molar-refractivity contribution in [1.29, 1.82) is 0 Å². The zero-order valence-electron chi connectivity index (χ0n) is 8.27. The second kappa shape index (κ2) is 3.62. The predicted molar refractivity (Wildman–Crippen MR) is 53.8 cm³/mol. The summed E-state index contributed by atoms with van der Waals surface area (Å²) in [5, 5.41) is 7.60. The van der Waals surface area contributed by atoms with E-state index in [0.29, 0.717) is 11.8 Å². The fourth-order valence-corrected chi connectivity index (χ4v) is 1.49. The smallest absolute Gasteiger partial charge is 0.247 e. The van der Waals surface area contributed by atoms with Crippen molar-refractivity contribution in [3.63, 3.8) is 0 Å². The predicted octanol–water partition coefficient (Wildman–Crippen LogP) is 2.86. The molecule has 0 bridgehead atoms. The van der Waals surface area contributed by atoms with Crippen molar-refractivity contribution in [2.75, 3.05) is 0 Å². The van der Waals surface area contributed by atoms with Crippen LogP contribution in [0.4, 0.5) is 0 Å². The Morgan fingerprint density at radius 2 is 2.00 bits per heavy atom. The van der Waals surface area contributed by atoms with E-state index in [1.807, 2.05) is 18.2 Å². The molecule has 0 unspecified atom stereocenters. The molecule has 14 heavy (non-hydrogen) atoms. The minimum atomic E-state index is 0.457. The lowest BCUT2D eigenvalue weighted by Gasteiger charge is -2.08. The van der Waals surface area contributed by atoms with E-state index >= 15 is 0 Å². The summed E-state index contributed by atoms with van der Waals surface area (Å²) >= 11 is 0. The van der Waals surface area contributed by atoms with Crippen LogP contribution in [0.2, 0.25) is 0 Å². The van der Waals surface area contributed by atoms with Gasteiger partial charge in [-0.25, -0.2) is 0 Å². The Morgan fingerprint density at radius 1 is 1.21 bits per heavy atom. The molecule has 2 aromatic rings. The molecule has 3 nitrogen and oxygen atoms in total. The van der Waals surface area contributed by atoms with E-state index in [1.54, 1.807) is 0 Å². The van der Waals surface area contributed by atoms with Gasteiger partial charge >= 0.3 is 0 Å².